The first-order chi connectivity index (χ1) is 10.1. The van der Waals surface area contributed by atoms with Crippen LogP contribution in [0.2, 0.25) is 0 Å². The van der Waals surface area contributed by atoms with Crippen LogP contribution in [0, 0.1) is 0 Å². The number of amides is 1. The normalized spacial score (nSPS) is 10.3. The molecule has 0 aromatic heterocycles. The molecule has 0 saturated heterocycles. The van der Waals surface area contributed by atoms with E-state index in [0.29, 0.717) is 12.1 Å². The van der Waals surface area contributed by atoms with E-state index in [0.717, 1.165) is 18.1 Å². The zero-order valence-corrected chi connectivity index (χ0v) is 11.4. The second-order valence-electron chi connectivity index (χ2n) is 4.72. The molecule has 1 amide bonds. The fourth-order valence-corrected chi connectivity index (χ4v) is 2.02. The maximum absolute atomic E-state index is 12.1. The van der Waals surface area contributed by atoms with Gasteiger partial charge >= 0.3 is 0 Å². The summed E-state index contributed by atoms with van der Waals surface area (Å²) >= 11 is 0. The van der Waals surface area contributed by atoms with Gasteiger partial charge in [-0.05, 0) is 42.7 Å². The second-order valence-corrected chi connectivity index (χ2v) is 4.72. The van der Waals surface area contributed by atoms with Gasteiger partial charge in [0.1, 0.15) is 11.5 Å². The van der Waals surface area contributed by atoms with Crippen molar-refractivity contribution in [2.45, 2.75) is 12.8 Å². The smallest absolute Gasteiger partial charge is 0.255 e. The molecule has 21 heavy (non-hydrogen) atoms. The minimum atomic E-state index is -0.416. The van der Waals surface area contributed by atoms with Gasteiger partial charge in [-0.15, -0.1) is 0 Å². The summed E-state index contributed by atoms with van der Waals surface area (Å²) in [6, 6.07) is 11.1. The highest BCUT2D eigenvalue weighted by atomic mass is 16.3. The number of anilines is 1. The molecule has 2 aromatic carbocycles. The molecule has 0 atom stereocenters. The number of aromatic hydroxyl groups is 2. The molecule has 0 aliphatic rings. The van der Waals surface area contributed by atoms with E-state index in [1.54, 1.807) is 6.07 Å². The van der Waals surface area contributed by atoms with Crippen molar-refractivity contribution >= 4 is 11.6 Å². The van der Waals surface area contributed by atoms with Crippen LogP contribution in [0.4, 0.5) is 5.69 Å². The van der Waals surface area contributed by atoms with Crippen molar-refractivity contribution in [1.29, 1.82) is 0 Å². The van der Waals surface area contributed by atoms with E-state index in [-0.39, 0.29) is 23.7 Å². The largest absolute Gasteiger partial charge is 0.508 e. The summed E-state index contributed by atoms with van der Waals surface area (Å²) < 4.78 is 0. The number of aliphatic hydroxyl groups is 1. The highest BCUT2D eigenvalue weighted by molar-refractivity contribution is 6.04. The minimum Gasteiger partial charge on any atom is -0.508 e. The molecule has 0 aliphatic heterocycles. The Morgan fingerprint density at radius 3 is 2.43 bits per heavy atom. The van der Waals surface area contributed by atoms with Crippen molar-refractivity contribution in [2.24, 2.45) is 0 Å². The lowest BCUT2D eigenvalue weighted by molar-refractivity contribution is 0.102. The van der Waals surface area contributed by atoms with Crippen molar-refractivity contribution < 1.29 is 20.1 Å². The van der Waals surface area contributed by atoms with E-state index < -0.39 is 5.91 Å². The fraction of sp³-hybridized carbons (Fsp3) is 0.188. The Kier molecular flexibility index (Phi) is 4.79. The van der Waals surface area contributed by atoms with Crippen LogP contribution in [-0.2, 0) is 6.42 Å². The first kappa shape index (κ1) is 14.9. The summed E-state index contributed by atoms with van der Waals surface area (Å²) in [5.41, 5.74) is 1.81. The molecular weight excluding hydrogens is 270 g/mol. The lowest BCUT2D eigenvalue weighted by atomic mass is 10.1. The van der Waals surface area contributed by atoms with Crippen LogP contribution in [0.25, 0.3) is 0 Å². The summed E-state index contributed by atoms with van der Waals surface area (Å²) in [7, 11) is 0. The van der Waals surface area contributed by atoms with Crippen molar-refractivity contribution in [2.75, 3.05) is 11.9 Å². The number of carbonyl (C=O) groups is 1. The van der Waals surface area contributed by atoms with E-state index in [9.17, 15) is 15.0 Å². The lowest BCUT2D eigenvalue weighted by Gasteiger charge is -2.08. The molecule has 0 fully saturated rings. The van der Waals surface area contributed by atoms with Gasteiger partial charge in [-0.3, -0.25) is 4.79 Å². The molecular formula is C16H17NO4. The molecule has 0 radical (unpaired) electrons. The summed E-state index contributed by atoms with van der Waals surface area (Å²) in [6.45, 7) is 0.124. The number of aliphatic hydroxyl groups excluding tert-OH is 1. The van der Waals surface area contributed by atoms with Crippen LogP contribution in [0.15, 0.2) is 42.5 Å². The average molecular weight is 287 g/mol. The minimum absolute atomic E-state index is 0.124. The molecule has 0 aliphatic carbocycles. The lowest BCUT2D eigenvalue weighted by Crippen LogP contribution is -2.11. The van der Waals surface area contributed by atoms with Gasteiger partial charge in [0, 0.05) is 23.9 Å². The zero-order valence-electron chi connectivity index (χ0n) is 11.4. The SMILES string of the molecule is O=C(Nc1cccc(CCCO)c1)c1cc(O)cc(O)c1. The molecule has 0 saturated carbocycles. The van der Waals surface area contributed by atoms with Crippen LogP contribution in [0.5, 0.6) is 11.5 Å². The first-order valence-corrected chi connectivity index (χ1v) is 6.62. The monoisotopic (exact) mass is 287 g/mol. The zero-order chi connectivity index (χ0) is 15.2. The van der Waals surface area contributed by atoms with Gasteiger partial charge in [-0.1, -0.05) is 12.1 Å². The molecule has 0 unspecified atom stereocenters. The van der Waals surface area contributed by atoms with E-state index in [1.165, 1.54) is 12.1 Å². The Labute approximate surface area is 122 Å². The van der Waals surface area contributed by atoms with Crippen LogP contribution in [0.3, 0.4) is 0 Å². The Morgan fingerprint density at radius 1 is 1.05 bits per heavy atom. The van der Waals surface area contributed by atoms with Gasteiger partial charge in [0.25, 0.3) is 5.91 Å². The number of carbonyl (C=O) groups excluding carboxylic acids is 1. The van der Waals surface area contributed by atoms with Crippen molar-refractivity contribution in [3.05, 3.63) is 53.6 Å². The molecule has 5 heteroatoms. The maximum atomic E-state index is 12.1. The fourth-order valence-electron chi connectivity index (χ4n) is 2.02. The van der Waals surface area contributed by atoms with Crippen molar-refractivity contribution in [3.63, 3.8) is 0 Å². The number of nitrogens with one attached hydrogen (secondary N) is 1. The summed E-state index contributed by atoms with van der Waals surface area (Å²) in [6.07, 6.45) is 1.39. The Hall–Kier alpha value is -2.53. The predicted octanol–water partition coefficient (Wildman–Crippen LogP) is 2.27. The van der Waals surface area contributed by atoms with Crippen LogP contribution < -0.4 is 5.32 Å². The topological polar surface area (TPSA) is 89.8 Å². The third-order valence-corrected chi connectivity index (χ3v) is 2.97. The predicted molar refractivity (Wildman–Crippen MR) is 79.6 cm³/mol. The quantitative estimate of drug-likeness (QED) is 0.679. The van der Waals surface area contributed by atoms with Gasteiger partial charge < -0.3 is 20.6 Å². The average Bonchev–Trinajstić information content (AvgIpc) is 2.44. The third kappa shape index (κ3) is 4.22. The molecule has 4 N–H and O–H groups in total. The Morgan fingerprint density at radius 2 is 1.76 bits per heavy atom. The highest BCUT2D eigenvalue weighted by Gasteiger charge is 2.09. The van der Waals surface area contributed by atoms with Gasteiger partial charge in [0.15, 0.2) is 0 Å². The molecule has 0 bridgehead atoms. The number of aryl methyl sites for hydroxylation is 1. The molecule has 2 rings (SSSR count). The summed E-state index contributed by atoms with van der Waals surface area (Å²) in [5.74, 6) is -0.755. The molecule has 110 valence electrons. The highest BCUT2D eigenvalue weighted by Crippen LogP contribution is 2.21. The molecule has 0 heterocycles. The van der Waals surface area contributed by atoms with E-state index in [4.69, 9.17) is 5.11 Å². The maximum Gasteiger partial charge on any atom is 0.255 e. The molecule has 2 aromatic rings. The Bertz CT molecular complexity index is 620. The second kappa shape index (κ2) is 6.76. The number of benzene rings is 2. The number of hydrogen-bond acceptors (Lipinski definition) is 4. The van der Waals surface area contributed by atoms with Crippen LogP contribution in [0.1, 0.15) is 22.3 Å². The first-order valence-electron chi connectivity index (χ1n) is 6.62. The third-order valence-electron chi connectivity index (χ3n) is 2.97. The number of hydrogen-bond donors (Lipinski definition) is 4. The number of rotatable bonds is 5. The van der Waals surface area contributed by atoms with Crippen LogP contribution in [-0.4, -0.2) is 27.8 Å². The Balaban J connectivity index is 2.11. The van der Waals surface area contributed by atoms with Gasteiger partial charge in [-0.2, -0.15) is 0 Å². The summed E-state index contributed by atoms with van der Waals surface area (Å²) in [4.78, 5) is 12.1. The van der Waals surface area contributed by atoms with Crippen LogP contribution >= 0.6 is 0 Å². The van der Waals surface area contributed by atoms with Gasteiger partial charge in [0.05, 0.1) is 0 Å². The molecule has 0 spiro atoms. The van der Waals surface area contributed by atoms with Crippen molar-refractivity contribution in [1.82, 2.24) is 0 Å². The number of phenols is 2. The van der Waals surface area contributed by atoms with E-state index >= 15 is 0 Å². The van der Waals surface area contributed by atoms with E-state index in [1.807, 2.05) is 18.2 Å². The number of phenolic OH excluding ortho intramolecular Hbond substituents is 2. The van der Waals surface area contributed by atoms with E-state index in [2.05, 4.69) is 5.32 Å². The van der Waals surface area contributed by atoms with Crippen molar-refractivity contribution in [3.8, 4) is 11.5 Å². The summed E-state index contributed by atoms with van der Waals surface area (Å²) in [5, 5.41) is 30.3. The molecule has 5 nitrogen and oxygen atoms in total. The van der Waals surface area contributed by atoms with Gasteiger partial charge in [0.2, 0.25) is 0 Å². The van der Waals surface area contributed by atoms with Gasteiger partial charge in [-0.25, -0.2) is 0 Å². The standard InChI is InChI=1S/C16H17NO4/c18-6-2-4-11-3-1-5-13(7-11)17-16(21)12-8-14(19)10-15(20)9-12/h1,3,5,7-10,18-20H,2,4,6H2,(H,17,21).